The summed E-state index contributed by atoms with van der Waals surface area (Å²) in [6.45, 7) is 14.3. The maximum Gasteiger partial charge on any atom is 0.137 e. The van der Waals surface area contributed by atoms with Crippen molar-refractivity contribution in [2.24, 2.45) is 0 Å². The number of nitrogens with zero attached hydrogens (tertiary/aromatic N) is 4. The molecule has 5 aromatic carbocycles. The quantitative estimate of drug-likeness (QED) is 0.185. The highest BCUT2D eigenvalue weighted by Crippen LogP contribution is 2.47. The fourth-order valence-corrected chi connectivity index (χ4v) is 8.61. The molecule has 5 nitrogen and oxygen atoms in total. The predicted molar refractivity (Wildman–Crippen MR) is 217 cm³/mol. The van der Waals surface area contributed by atoms with Gasteiger partial charge in [0.05, 0.1) is 29.1 Å². The first-order chi connectivity index (χ1) is 24.4. The molecule has 0 aliphatic carbocycles. The van der Waals surface area contributed by atoms with E-state index in [9.17, 15) is 0 Å². The molecule has 3 aromatic heterocycles. The van der Waals surface area contributed by atoms with Gasteiger partial charge in [0.1, 0.15) is 17.3 Å². The van der Waals surface area contributed by atoms with E-state index in [-0.39, 0.29) is 10.8 Å². The number of ether oxygens (including phenoxy) is 1. The number of hydrogen-bond acceptors (Lipinski definition) is 5. The molecule has 6 heteroatoms. The summed E-state index contributed by atoms with van der Waals surface area (Å²) in [5.74, 6) is 2.53. The Labute approximate surface area is 303 Å². The van der Waals surface area contributed by atoms with Crippen LogP contribution < -0.4 is 14.5 Å². The first-order valence-electron chi connectivity index (χ1n) is 17.7. The van der Waals surface area contributed by atoms with Gasteiger partial charge in [0.15, 0.2) is 0 Å². The highest BCUT2D eigenvalue weighted by atomic mass is 32.1. The van der Waals surface area contributed by atoms with Gasteiger partial charge in [-0.15, -0.1) is 11.3 Å². The summed E-state index contributed by atoms with van der Waals surface area (Å²) in [7, 11) is 2.19. The van der Waals surface area contributed by atoms with Crippen LogP contribution >= 0.6 is 11.3 Å². The van der Waals surface area contributed by atoms with E-state index >= 15 is 0 Å². The van der Waals surface area contributed by atoms with E-state index in [1.54, 1.807) is 0 Å². The maximum absolute atomic E-state index is 6.84. The second kappa shape index (κ2) is 11.3. The molecule has 0 radical (unpaired) electrons. The molecule has 51 heavy (non-hydrogen) atoms. The number of aromatic nitrogens is 2. The van der Waals surface area contributed by atoms with Crippen molar-refractivity contribution >= 4 is 70.4 Å². The molecule has 9 rings (SSSR count). The summed E-state index contributed by atoms with van der Waals surface area (Å²) in [5, 5.41) is 5.02. The van der Waals surface area contributed by atoms with Gasteiger partial charge in [-0.3, -0.25) is 4.57 Å². The van der Waals surface area contributed by atoms with Crippen LogP contribution in [0.3, 0.4) is 0 Å². The zero-order chi connectivity index (χ0) is 35.2. The topological polar surface area (TPSA) is 33.5 Å². The van der Waals surface area contributed by atoms with Crippen molar-refractivity contribution in [3.05, 3.63) is 127 Å². The fourth-order valence-electron chi connectivity index (χ4n) is 7.49. The summed E-state index contributed by atoms with van der Waals surface area (Å²) >= 11 is 1.87. The molecule has 0 atom stereocenters. The van der Waals surface area contributed by atoms with Crippen LogP contribution in [0.2, 0.25) is 0 Å². The van der Waals surface area contributed by atoms with Gasteiger partial charge in [0.25, 0.3) is 0 Å². The smallest absolute Gasteiger partial charge is 0.137 e. The summed E-state index contributed by atoms with van der Waals surface area (Å²) in [4.78, 5) is 9.65. The van der Waals surface area contributed by atoms with Crippen molar-refractivity contribution in [2.45, 2.75) is 52.4 Å². The maximum atomic E-state index is 6.84. The molecule has 1 aliphatic rings. The Morgan fingerprint density at radius 1 is 0.608 bits per heavy atom. The van der Waals surface area contributed by atoms with Crippen molar-refractivity contribution in [3.8, 4) is 17.3 Å². The van der Waals surface area contributed by atoms with Crippen LogP contribution in [-0.4, -0.2) is 23.3 Å². The number of anilines is 3. The van der Waals surface area contributed by atoms with Crippen LogP contribution in [-0.2, 0) is 10.8 Å². The minimum atomic E-state index is -0.0713. The molecule has 0 saturated heterocycles. The molecule has 4 heterocycles. The standard InChI is InChI=1S/C45H42N4OS/c1-44(2,3)28-18-19-46-43(22-28)49-37-14-10-8-12-33(37)34-17-16-31(24-38(34)49)50-32-21-29(45(4,5)6)20-30(23-32)48-27-47(7)39-25-36-35-13-9-11-15-41(35)51-42(36)26-40(39)48/h8-26H,27H2,1-7H3. The molecule has 0 saturated carbocycles. The van der Waals surface area contributed by atoms with E-state index in [4.69, 9.17) is 9.72 Å². The minimum absolute atomic E-state index is 0.00897. The van der Waals surface area contributed by atoms with Gasteiger partial charge in [-0.1, -0.05) is 77.9 Å². The highest BCUT2D eigenvalue weighted by molar-refractivity contribution is 7.25. The fraction of sp³-hybridized carbons (Fsp3) is 0.222. The van der Waals surface area contributed by atoms with Crippen LogP contribution in [0.1, 0.15) is 52.7 Å². The Kier molecular flexibility index (Phi) is 7.04. The number of benzene rings is 5. The normalized spacial score (nSPS) is 13.6. The lowest BCUT2D eigenvalue weighted by Crippen LogP contribution is -2.24. The molecular formula is C45H42N4OS. The summed E-state index contributed by atoms with van der Waals surface area (Å²) in [5.41, 5.74) is 8.22. The van der Waals surface area contributed by atoms with Crippen molar-refractivity contribution < 1.29 is 4.74 Å². The summed E-state index contributed by atoms with van der Waals surface area (Å²) in [6.07, 6.45) is 1.93. The van der Waals surface area contributed by atoms with Crippen molar-refractivity contribution in [1.82, 2.24) is 9.55 Å². The zero-order valence-electron chi connectivity index (χ0n) is 30.3. The van der Waals surface area contributed by atoms with Crippen LogP contribution in [0.25, 0.3) is 47.8 Å². The zero-order valence-corrected chi connectivity index (χ0v) is 31.1. The Morgan fingerprint density at radius 2 is 1.35 bits per heavy atom. The molecule has 0 bridgehead atoms. The Morgan fingerprint density at radius 3 is 2.16 bits per heavy atom. The molecule has 0 N–H and O–H groups in total. The Balaban J connectivity index is 1.15. The van der Waals surface area contributed by atoms with E-state index in [2.05, 4.69) is 172 Å². The molecule has 8 aromatic rings. The number of para-hydroxylation sites is 1. The predicted octanol–water partition coefficient (Wildman–Crippen LogP) is 12.5. The second-order valence-electron chi connectivity index (χ2n) is 16.0. The van der Waals surface area contributed by atoms with Crippen LogP contribution in [0, 0.1) is 0 Å². The van der Waals surface area contributed by atoms with Gasteiger partial charge in [-0.25, -0.2) is 4.98 Å². The molecule has 0 spiro atoms. The minimum Gasteiger partial charge on any atom is -0.457 e. The third-order valence-corrected chi connectivity index (χ3v) is 11.5. The average molecular weight is 687 g/mol. The van der Waals surface area contributed by atoms with Gasteiger partial charge in [-0.05, 0) is 82.6 Å². The third-order valence-electron chi connectivity index (χ3n) is 10.3. The number of pyridine rings is 1. The summed E-state index contributed by atoms with van der Waals surface area (Å²) < 4.78 is 11.7. The second-order valence-corrected chi connectivity index (χ2v) is 17.0. The van der Waals surface area contributed by atoms with E-state index in [1.807, 2.05) is 17.5 Å². The monoisotopic (exact) mass is 686 g/mol. The van der Waals surface area contributed by atoms with Gasteiger partial charge in [0, 0.05) is 62.0 Å². The number of rotatable bonds is 4. The van der Waals surface area contributed by atoms with Crippen molar-refractivity contribution in [2.75, 3.05) is 23.5 Å². The van der Waals surface area contributed by atoms with E-state index in [1.165, 1.54) is 53.4 Å². The lowest BCUT2D eigenvalue weighted by molar-refractivity contribution is 0.479. The first-order valence-corrected chi connectivity index (χ1v) is 18.5. The van der Waals surface area contributed by atoms with Gasteiger partial charge < -0.3 is 14.5 Å². The molecule has 0 unspecified atom stereocenters. The van der Waals surface area contributed by atoms with E-state index < -0.39 is 0 Å². The molecule has 0 amide bonds. The number of fused-ring (bicyclic) bond motifs is 7. The van der Waals surface area contributed by atoms with Crippen molar-refractivity contribution in [3.63, 3.8) is 0 Å². The molecule has 0 fully saturated rings. The third kappa shape index (κ3) is 5.32. The largest absolute Gasteiger partial charge is 0.457 e. The average Bonchev–Trinajstić information content (AvgIpc) is 3.75. The number of hydrogen-bond donors (Lipinski definition) is 0. The Hall–Kier alpha value is -5.33. The Bertz CT molecular complexity index is 2650. The van der Waals surface area contributed by atoms with Crippen molar-refractivity contribution in [1.29, 1.82) is 0 Å². The van der Waals surface area contributed by atoms with E-state index in [0.29, 0.717) is 0 Å². The summed E-state index contributed by atoms with van der Waals surface area (Å²) in [6, 6.07) is 39.6. The SMILES string of the molecule is CN1CN(c2cc(Oc3ccc4c5ccccc5n(-c5cc(C(C)(C)C)ccn5)c4c3)cc(C(C)(C)C)c2)c2cc3sc4ccccc4c3cc21. The molecule has 254 valence electrons. The van der Waals surface area contributed by atoms with Gasteiger partial charge in [-0.2, -0.15) is 0 Å². The lowest BCUT2D eigenvalue weighted by atomic mass is 9.86. The first kappa shape index (κ1) is 31.6. The lowest BCUT2D eigenvalue weighted by Gasteiger charge is -2.25. The van der Waals surface area contributed by atoms with Crippen LogP contribution in [0.15, 0.2) is 115 Å². The highest BCUT2D eigenvalue weighted by Gasteiger charge is 2.28. The van der Waals surface area contributed by atoms with Gasteiger partial charge >= 0.3 is 0 Å². The molecular weight excluding hydrogens is 645 g/mol. The van der Waals surface area contributed by atoms with Gasteiger partial charge in [0.2, 0.25) is 0 Å². The van der Waals surface area contributed by atoms with E-state index in [0.717, 1.165) is 40.7 Å². The molecule has 1 aliphatic heterocycles. The number of thiophene rings is 1. The van der Waals surface area contributed by atoms with Crippen LogP contribution in [0.4, 0.5) is 17.1 Å². The van der Waals surface area contributed by atoms with Crippen LogP contribution in [0.5, 0.6) is 11.5 Å².